The number of non-ortho nitro benzene ring substituents is 1. The molecule has 2 aromatic heterocycles. The maximum Gasteiger partial charge on any atom is 0.270 e. The van der Waals surface area contributed by atoms with Crippen LogP contribution in [0.2, 0.25) is 0 Å². The first kappa shape index (κ1) is 19.0. The zero-order valence-corrected chi connectivity index (χ0v) is 16.3. The molecule has 1 saturated carbocycles. The Hall–Kier alpha value is -3.29. The Morgan fingerprint density at radius 2 is 2.07 bits per heavy atom. The zero-order valence-electron chi connectivity index (χ0n) is 16.3. The van der Waals surface area contributed by atoms with Gasteiger partial charge in [0.05, 0.1) is 27.3 Å². The van der Waals surface area contributed by atoms with Gasteiger partial charge in [-0.1, -0.05) is 37.1 Å². The second-order valence-electron chi connectivity index (χ2n) is 7.65. The quantitative estimate of drug-likeness (QED) is 0.518. The second-order valence-corrected chi connectivity index (χ2v) is 7.65. The van der Waals surface area contributed by atoms with Crippen LogP contribution in [-0.4, -0.2) is 27.0 Å². The number of hydrogen-bond donors (Lipinski definition) is 1. The summed E-state index contributed by atoms with van der Waals surface area (Å²) < 4.78 is 5.32. The van der Waals surface area contributed by atoms with Gasteiger partial charge in [-0.05, 0) is 31.7 Å². The van der Waals surface area contributed by atoms with Gasteiger partial charge in [-0.15, -0.1) is 0 Å². The second kappa shape index (κ2) is 7.62. The number of carbonyl (C=O) groups is 1. The summed E-state index contributed by atoms with van der Waals surface area (Å²) in [6.45, 7) is 3.92. The molecule has 150 valence electrons. The van der Waals surface area contributed by atoms with Crippen molar-refractivity contribution in [2.45, 2.75) is 45.6 Å². The highest BCUT2D eigenvalue weighted by Gasteiger charge is 2.26. The van der Waals surface area contributed by atoms with Crippen LogP contribution in [0.1, 0.15) is 48.7 Å². The minimum atomic E-state index is -0.460. The number of nitro benzene ring substituents is 1. The summed E-state index contributed by atoms with van der Waals surface area (Å²) in [7, 11) is 0. The van der Waals surface area contributed by atoms with E-state index in [1.807, 2.05) is 0 Å². The van der Waals surface area contributed by atoms with Crippen LogP contribution >= 0.6 is 0 Å². The van der Waals surface area contributed by atoms with Crippen molar-refractivity contribution in [3.05, 3.63) is 51.7 Å². The van der Waals surface area contributed by atoms with Gasteiger partial charge < -0.3 is 9.84 Å². The Morgan fingerprint density at radius 3 is 2.83 bits per heavy atom. The molecule has 0 bridgehead atoms. The van der Waals surface area contributed by atoms with Gasteiger partial charge in [-0.2, -0.15) is 0 Å². The third-order valence-electron chi connectivity index (χ3n) is 5.64. The lowest BCUT2D eigenvalue weighted by atomic mass is 9.86. The summed E-state index contributed by atoms with van der Waals surface area (Å²) in [5, 5.41) is 18.8. The zero-order chi connectivity index (χ0) is 20.5. The summed E-state index contributed by atoms with van der Waals surface area (Å²) in [6.07, 6.45) is 4.35. The maximum absolute atomic E-state index is 13.2. The number of nitrogens with one attached hydrogen (secondary N) is 1. The molecule has 3 aromatic rings. The van der Waals surface area contributed by atoms with Crippen molar-refractivity contribution in [1.29, 1.82) is 0 Å². The summed E-state index contributed by atoms with van der Waals surface area (Å²) in [5.74, 6) is 0.221. The Balaban J connectivity index is 1.76. The SMILES string of the molecule is Cc1noc2nc(-c3cccc([N+](=O)[O-])c3)cc(C(=O)N[C@@H]3CCCC[C@@H]3C)c12. The maximum atomic E-state index is 13.2. The normalized spacial score (nSPS) is 19.2. The molecule has 1 aromatic carbocycles. The molecule has 0 radical (unpaired) electrons. The topological polar surface area (TPSA) is 111 Å². The van der Waals surface area contributed by atoms with Gasteiger partial charge in [0.1, 0.15) is 0 Å². The molecular weight excluding hydrogens is 372 g/mol. The highest BCUT2D eigenvalue weighted by atomic mass is 16.6. The van der Waals surface area contributed by atoms with Crippen LogP contribution in [0.3, 0.4) is 0 Å². The largest absolute Gasteiger partial charge is 0.349 e. The number of benzene rings is 1. The molecule has 0 aliphatic heterocycles. The van der Waals surface area contributed by atoms with Gasteiger partial charge in [-0.25, -0.2) is 4.98 Å². The van der Waals surface area contributed by atoms with Gasteiger partial charge in [0.25, 0.3) is 17.3 Å². The van der Waals surface area contributed by atoms with E-state index in [9.17, 15) is 14.9 Å². The molecule has 29 heavy (non-hydrogen) atoms. The smallest absolute Gasteiger partial charge is 0.270 e. The van der Waals surface area contributed by atoms with E-state index in [0.29, 0.717) is 33.8 Å². The summed E-state index contributed by atoms with van der Waals surface area (Å²) >= 11 is 0. The molecule has 1 aliphatic carbocycles. The first-order valence-corrected chi connectivity index (χ1v) is 9.76. The lowest BCUT2D eigenvalue weighted by molar-refractivity contribution is -0.384. The number of rotatable bonds is 4. The van der Waals surface area contributed by atoms with E-state index < -0.39 is 4.92 Å². The first-order valence-electron chi connectivity index (χ1n) is 9.76. The third-order valence-corrected chi connectivity index (χ3v) is 5.64. The summed E-state index contributed by atoms with van der Waals surface area (Å²) in [5.41, 5.74) is 2.18. The molecule has 8 heteroatoms. The highest BCUT2D eigenvalue weighted by Crippen LogP contribution is 2.30. The monoisotopic (exact) mass is 394 g/mol. The van der Waals surface area contributed by atoms with E-state index in [2.05, 4.69) is 22.4 Å². The van der Waals surface area contributed by atoms with E-state index >= 15 is 0 Å². The highest BCUT2D eigenvalue weighted by molar-refractivity contribution is 6.07. The number of hydrogen-bond acceptors (Lipinski definition) is 6. The number of nitro groups is 1. The number of aromatic nitrogens is 2. The van der Waals surface area contributed by atoms with Gasteiger partial charge >= 0.3 is 0 Å². The van der Waals surface area contributed by atoms with Crippen molar-refractivity contribution < 1.29 is 14.2 Å². The number of amides is 1. The number of fused-ring (bicyclic) bond motifs is 1. The van der Waals surface area contributed by atoms with Crippen molar-refractivity contribution in [1.82, 2.24) is 15.5 Å². The summed E-state index contributed by atoms with van der Waals surface area (Å²) in [6, 6.07) is 7.94. The van der Waals surface area contributed by atoms with Crippen LogP contribution in [0.15, 0.2) is 34.9 Å². The molecule has 4 rings (SSSR count). The van der Waals surface area contributed by atoms with Crippen LogP contribution in [0.5, 0.6) is 0 Å². The third kappa shape index (κ3) is 3.70. The predicted molar refractivity (Wildman–Crippen MR) is 108 cm³/mol. The molecule has 0 saturated heterocycles. The Labute approximate surface area is 167 Å². The molecule has 1 amide bonds. The Kier molecular flexibility index (Phi) is 5.00. The predicted octanol–water partition coefficient (Wildman–Crippen LogP) is 4.41. The molecule has 0 spiro atoms. The molecule has 1 aliphatic rings. The number of pyridine rings is 1. The van der Waals surface area contributed by atoms with Gasteiger partial charge in [-0.3, -0.25) is 14.9 Å². The lowest BCUT2D eigenvalue weighted by Crippen LogP contribution is -2.41. The van der Waals surface area contributed by atoms with Crippen molar-refractivity contribution in [3.8, 4) is 11.3 Å². The molecule has 0 unspecified atom stereocenters. The lowest BCUT2D eigenvalue weighted by Gasteiger charge is -2.29. The minimum absolute atomic E-state index is 0.0415. The fourth-order valence-corrected chi connectivity index (χ4v) is 3.98. The van der Waals surface area contributed by atoms with Crippen LogP contribution in [0.25, 0.3) is 22.4 Å². The van der Waals surface area contributed by atoms with Gasteiger partial charge in [0.2, 0.25) is 0 Å². The van der Waals surface area contributed by atoms with E-state index in [4.69, 9.17) is 4.52 Å². The Bertz CT molecular complexity index is 1090. The first-order chi connectivity index (χ1) is 13.9. The van der Waals surface area contributed by atoms with Crippen LogP contribution in [-0.2, 0) is 0 Å². The van der Waals surface area contributed by atoms with Crippen LogP contribution in [0.4, 0.5) is 5.69 Å². The van der Waals surface area contributed by atoms with Crippen molar-refractivity contribution >= 4 is 22.7 Å². The van der Waals surface area contributed by atoms with Crippen molar-refractivity contribution in [2.75, 3.05) is 0 Å². The minimum Gasteiger partial charge on any atom is -0.349 e. The number of nitrogens with zero attached hydrogens (tertiary/aromatic N) is 3. The van der Waals surface area contributed by atoms with Gasteiger partial charge in [0.15, 0.2) is 0 Å². The fraction of sp³-hybridized carbons (Fsp3) is 0.381. The standard InChI is InChI=1S/C21H22N4O4/c1-12-6-3-4-9-17(12)22-20(26)16-11-18(23-21-19(16)13(2)24-29-21)14-7-5-8-15(10-14)25(27)28/h5,7-8,10-12,17H,3-4,6,9H2,1-2H3,(H,22,26)/t12-,17+/m0/s1. The molecular formula is C21H22N4O4. The summed E-state index contributed by atoms with van der Waals surface area (Å²) in [4.78, 5) is 28.3. The van der Waals surface area contributed by atoms with Crippen molar-refractivity contribution in [3.63, 3.8) is 0 Å². The van der Waals surface area contributed by atoms with E-state index in [0.717, 1.165) is 19.3 Å². The van der Waals surface area contributed by atoms with E-state index in [1.54, 1.807) is 25.1 Å². The number of aryl methyl sites for hydroxylation is 1. The molecule has 2 atom stereocenters. The van der Waals surface area contributed by atoms with Gasteiger partial charge in [0, 0.05) is 23.7 Å². The fourth-order valence-electron chi connectivity index (χ4n) is 3.98. The van der Waals surface area contributed by atoms with E-state index in [-0.39, 0.29) is 23.3 Å². The molecule has 8 nitrogen and oxygen atoms in total. The Morgan fingerprint density at radius 1 is 1.28 bits per heavy atom. The van der Waals surface area contributed by atoms with E-state index in [1.165, 1.54) is 18.6 Å². The average Bonchev–Trinajstić information content (AvgIpc) is 3.10. The molecule has 2 heterocycles. The molecule has 1 N–H and O–H groups in total. The molecule has 1 fully saturated rings. The average molecular weight is 394 g/mol. The number of carbonyl (C=O) groups excluding carboxylic acids is 1. The van der Waals surface area contributed by atoms with Crippen LogP contribution in [0, 0.1) is 23.0 Å². The van der Waals surface area contributed by atoms with Crippen molar-refractivity contribution in [2.24, 2.45) is 5.92 Å². The van der Waals surface area contributed by atoms with Crippen LogP contribution < -0.4 is 5.32 Å².